The first-order chi connectivity index (χ1) is 11.6. The van der Waals surface area contributed by atoms with Gasteiger partial charge in [0.25, 0.3) is 5.69 Å². The monoisotopic (exact) mass is 329 g/mol. The lowest BCUT2D eigenvalue weighted by molar-refractivity contribution is -0.384. The van der Waals surface area contributed by atoms with Crippen molar-refractivity contribution in [3.8, 4) is 11.5 Å². The van der Waals surface area contributed by atoms with Crippen molar-refractivity contribution in [3.05, 3.63) is 75.9 Å². The van der Waals surface area contributed by atoms with Crippen LogP contribution in [0.25, 0.3) is 0 Å². The Morgan fingerprint density at radius 2 is 1.96 bits per heavy atom. The van der Waals surface area contributed by atoms with Gasteiger partial charge in [-0.2, -0.15) is 0 Å². The average Bonchev–Trinajstić information content (AvgIpc) is 2.60. The highest BCUT2D eigenvalue weighted by molar-refractivity contribution is 5.50. The molecule has 0 aromatic heterocycles. The smallest absolute Gasteiger partial charge is 0.269 e. The van der Waals surface area contributed by atoms with E-state index in [1.54, 1.807) is 24.3 Å². The van der Waals surface area contributed by atoms with Gasteiger partial charge in [0.1, 0.15) is 6.61 Å². The van der Waals surface area contributed by atoms with Crippen LogP contribution in [0.2, 0.25) is 0 Å². The summed E-state index contributed by atoms with van der Waals surface area (Å²) in [6, 6.07) is 9.75. The number of non-ortho nitro benzene ring substituents is 1. The molecule has 2 aromatic rings. The number of hydrogen-bond donors (Lipinski definition) is 1. The molecule has 0 saturated heterocycles. The van der Waals surface area contributed by atoms with Gasteiger partial charge in [-0.15, -0.1) is 6.58 Å². The van der Waals surface area contributed by atoms with Crippen LogP contribution in [-0.2, 0) is 19.6 Å². The minimum Gasteiger partial charge on any atom is -0.493 e. The van der Waals surface area contributed by atoms with Crippen LogP contribution < -0.4 is 9.47 Å². The third kappa shape index (κ3) is 4.11. The minimum absolute atomic E-state index is 0.0379. The Balaban J connectivity index is 2.24. The van der Waals surface area contributed by atoms with Gasteiger partial charge in [0, 0.05) is 17.7 Å². The first-order valence-electron chi connectivity index (χ1n) is 7.36. The van der Waals surface area contributed by atoms with E-state index < -0.39 is 4.92 Å². The van der Waals surface area contributed by atoms with E-state index >= 15 is 0 Å². The lowest BCUT2D eigenvalue weighted by Crippen LogP contribution is -2.02. The number of aliphatic hydroxyl groups is 1. The van der Waals surface area contributed by atoms with E-state index in [9.17, 15) is 15.2 Å². The van der Waals surface area contributed by atoms with Crippen LogP contribution in [0.15, 0.2) is 49.1 Å². The number of allylic oxidation sites excluding steroid dienone is 1. The Labute approximate surface area is 140 Å². The quantitative estimate of drug-likeness (QED) is 0.456. The molecule has 0 amide bonds. The average molecular weight is 329 g/mol. The number of ether oxygens (including phenoxy) is 2. The largest absolute Gasteiger partial charge is 0.493 e. The maximum absolute atomic E-state index is 10.7. The van der Waals surface area contributed by atoms with Crippen molar-refractivity contribution in [3.63, 3.8) is 0 Å². The van der Waals surface area contributed by atoms with Crippen LogP contribution in [0.1, 0.15) is 16.7 Å². The van der Waals surface area contributed by atoms with Crippen molar-refractivity contribution in [2.75, 3.05) is 7.11 Å². The number of methoxy groups -OCH3 is 1. The molecule has 0 heterocycles. The molecule has 0 unspecified atom stereocenters. The normalized spacial score (nSPS) is 10.2. The molecule has 0 fully saturated rings. The lowest BCUT2D eigenvalue weighted by atomic mass is 10.1. The Morgan fingerprint density at radius 3 is 2.50 bits per heavy atom. The first-order valence-corrected chi connectivity index (χ1v) is 7.36. The van der Waals surface area contributed by atoms with E-state index in [4.69, 9.17) is 9.47 Å². The van der Waals surface area contributed by atoms with Gasteiger partial charge >= 0.3 is 0 Å². The molecular weight excluding hydrogens is 310 g/mol. The number of nitro groups is 1. The first kappa shape index (κ1) is 17.5. The molecule has 0 bridgehead atoms. The number of nitro benzene ring substituents is 1. The number of aliphatic hydroxyl groups excluding tert-OH is 1. The zero-order chi connectivity index (χ0) is 17.5. The molecule has 2 rings (SSSR count). The van der Waals surface area contributed by atoms with E-state index in [0.29, 0.717) is 17.9 Å². The molecule has 24 heavy (non-hydrogen) atoms. The summed E-state index contributed by atoms with van der Waals surface area (Å²) in [5.74, 6) is 1.10. The van der Waals surface area contributed by atoms with Crippen molar-refractivity contribution >= 4 is 5.69 Å². The summed E-state index contributed by atoms with van der Waals surface area (Å²) in [5.41, 5.74) is 2.43. The zero-order valence-electron chi connectivity index (χ0n) is 13.4. The topological polar surface area (TPSA) is 81.8 Å². The fourth-order valence-electron chi connectivity index (χ4n) is 2.31. The Bertz CT molecular complexity index is 725. The van der Waals surface area contributed by atoms with E-state index in [2.05, 4.69) is 6.58 Å². The zero-order valence-corrected chi connectivity index (χ0v) is 13.4. The van der Waals surface area contributed by atoms with Crippen molar-refractivity contribution in [1.29, 1.82) is 0 Å². The molecule has 0 aliphatic carbocycles. The van der Waals surface area contributed by atoms with Crippen molar-refractivity contribution < 1.29 is 19.5 Å². The Hall–Kier alpha value is -2.86. The summed E-state index contributed by atoms with van der Waals surface area (Å²) in [6.45, 7) is 3.88. The fourth-order valence-corrected chi connectivity index (χ4v) is 2.31. The molecule has 0 radical (unpaired) electrons. The van der Waals surface area contributed by atoms with Gasteiger partial charge in [-0.3, -0.25) is 10.1 Å². The molecule has 6 nitrogen and oxygen atoms in total. The van der Waals surface area contributed by atoms with Gasteiger partial charge < -0.3 is 14.6 Å². The second-order valence-corrected chi connectivity index (χ2v) is 5.15. The van der Waals surface area contributed by atoms with Crippen LogP contribution in [0.5, 0.6) is 11.5 Å². The molecule has 0 aliphatic rings. The second kappa shape index (κ2) is 8.12. The van der Waals surface area contributed by atoms with Crippen molar-refractivity contribution in [1.82, 2.24) is 0 Å². The maximum atomic E-state index is 10.7. The van der Waals surface area contributed by atoms with E-state index in [1.807, 2.05) is 6.07 Å². The van der Waals surface area contributed by atoms with Gasteiger partial charge in [-0.25, -0.2) is 0 Å². The van der Waals surface area contributed by atoms with Gasteiger partial charge in [0.15, 0.2) is 11.5 Å². The molecule has 6 heteroatoms. The summed E-state index contributed by atoms with van der Waals surface area (Å²) in [5, 5.41) is 20.0. The number of nitrogens with zero attached hydrogens (tertiary/aromatic N) is 1. The predicted molar refractivity (Wildman–Crippen MR) is 90.2 cm³/mol. The van der Waals surface area contributed by atoms with Crippen LogP contribution >= 0.6 is 0 Å². The maximum Gasteiger partial charge on any atom is 0.269 e. The van der Waals surface area contributed by atoms with Crippen molar-refractivity contribution in [2.45, 2.75) is 19.6 Å². The SMILES string of the molecule is C=CCc1cc(CO)cc(OC)c1OCc1ccc([N+](=O)[O-])cc1. The third-order valence-electron chi connectivity index (χ3n) is 3.49. The van der Waals surface area contributed by atoms with E-state index in [-0.39, 0.29) is 18.9 Å². The van der Waals surface area contributed by atoms with E-state index in [1.165, 1.54) is 19.2 Å². The summed E-state index contributed by atoms with van der Waals surface area (Å²) in [7, 11) is 1.53. The third-order valence-corrected chi connectivity index (χ3v) is 3.49. The molecule has 1 N–H and O–H groups in total. The van der Waals surface area contributed by atoms with Crippen LogP contribution in [0.3, 0.4) is 0 Å². The molecule has 0 aliphatic heterocycles. The number of benzene rings is 2. The fraction of sp³-hybridized carbons (Fsp3) is 0.222. The molecule has 0 spiro atoms. The van der Waals surface area contributed by atoms with E-state index in [0.717, 1.165) is 16.7 Å². The molecule has 2 aromatic carbocycles. The summed E-state index contributed by atoms with van der Waals surface area (Å²) >= 11 is 0. The lowest BCUT2D eigenvalue weighted by Gasteiger charge is -2.16. The minimum atomic E-state index is -0.441. The summed E-state index contributed by atoms with van der Waals surface area (Å²) < 4.78 is 11.2. The second-order valence-electron chi connectivity index (χ2n) is 5.15. The van der Waals surface area contributed by atoms with Crippen LogP contribution in [0, 0.1) is 10.1 Å². The summed E-state index contributed by atoms with van der Waals surface area (Å²) in [6.07, 6.45) is 2.31. The summed E-state index contributed by atoms with van der Waals surface area (Å²) in [4.78, 5) is 10.2. The Kier molecular flexibility index (Phi) is 5.92. The molecular formula is C18H19NO5. The van der Waals surface area contributed by atoms with Gasteiger partial charge in [0.2, 0.25) is 0 Å². The number of rotatable bonds is 8. The highest BCUT2D eigenvalue weighted by atomic mass is 16.6. The highest BCUT2D eigenvalue weighted by Crippen LogP contribution is 2.34. The van der Waals surface area contributed by atoms with Crippen LogP contribution in [0.4, 0.5) is 5.69 Å². The standard InChI is InChI=1S/C18H19NO5/c1-3-4-15-9-14(11-20)10-17(23-2)18(15)24-12-13-5-7-16(8-6-13)19(21)22/h3,5-10,20H,1,4,11-12H2,2H3. The van der Waals surface area contributed by atoms with Crippen LogP contribution in [-0.4, -0.2) is 17.1 Å². The van der Waals surface area contributed by atoms with Gasteiger partial charge in [-0.05, 0) is 41.8 Å². The highest BCUT2D eigenvalue weighted by Gasteiger charge is 2.13. The predicted octanol–water partition coefficient (Wildman–Crippen LogP) is 3.40. The number of hydrogen-bond acceptors (Lipinski definition) is 5. The van der Waals surface area contributed by atoms with Gasteiger partial charge in [-0.1, -0.05) is 6.08 Å². The molecule has 0 saturated carbocycles. The van der Waals surface area contributed by atoms with Crippen molar-refractivity contribution in [2.24, 2.45) is 0 Å². The van der Waals surface area contributed by atoms with Gasteiger partial charge in [0.05, 0.1) is 18.6 Å². The molecule has 0 atom stereocenters. The molecule has 126 valence electrons. The Morgan fingerprint density at radius 1 is 1.25 bits per heavy atom.